The summed E-state index contributed by atoms with van der Waals surface area (Å²) in [6.07, 6.45) is 3.22. The number of aromatic nitrogens is 2. The van der Waals surface area contributed by atoms with Crippen molar-refractivity contribution in [1.29, 1.82) is 0 Å². The van der Waals surface area contributed by atoms with Crippen LogP contribution < -0.4 is 4.74 Å². The van der Waals surface area contributed by atoms with Gasteiger partial charge in [-0.25, -0.2) is 4.68 Å². The highest BCUT2D eigenvalue weighted by Gasteiger charge is 2.33. The van der Waals surface area contributed by atoms with Crippen LogP contribution in [0.25, 0.3) is 0 Å². The fourth-order valence-electron chi connectivity index (χ4n) is 3.66. The van der Waals surface area contributed by atoms with E-state index in [0.717, 1.165) is 42.3 Å². The lowest BCUT2D eigenvalue weighted by molar-refractivity contribution is 0.00293. The van der Waals surface area contributed by atoms with Crippen molar-refractivity contribution in [3.05, 3.63) is 35.4 Å². The molecular weight excluding hydrogens is 322 g/mol. The van der Waals surface area contributed by atoms with Gasteiger partial charge < -0.3 is 19.0 Å². The van der Waals surface area contributed by atoms with Gasteiger partial charge in [-0.2, -0.15) is 5.10 Å². The van der Waals surface area contributed by atoms with Crippen molar-refractivity contribution in [3.63, 3.8) is 0 Å². The Bertz CT molecular complexity index is 668. The van der Waals surface area contributed by atoms with E-state index in [1.165, 1.54) is 0 Å². The summed E-state index contributed by atoms with van der Waals surface area (Å²) in [6.45, 7) is 4.20. The Morgan fingerprint density at radius 1 is 1.48 bits per heavy atom. The predicted octanol–water partition coefficient (Wildman–Crippen LogP) is 2.04. The highest BCUT2D eigenvalue weighted by Crippen LogP contribution is 2.38. The molecule has 3 rings (SSSR count). The molecule has 3 heterocycles. The first kappa shape index (κ1) is 18.0. The maximum Gasteiger partial charge on any atom is 0.216 e. The van der Waals surface area contributed by atoms with E-state index in [1.807, 2.05) is 26.1 Å². The minimum atomic E-state index is -0.543. The molecule has 0 saturated carbocycles. The van der Waals surface area contributed by atoms with Crippen molar-refractivity contribution in [1.82, 2.24) is 14.7 Å². The molecule has 2 atom stereocenters. The van der Waals surface area contributed by atoms with Gasteiger partial charge in [0.15, 0.2) is 0 Å². The van der Waals surface area contributed by atoms with Crippen LogP contribution >= 0.6 is 0 Å². The van der Waals surface area contributed by atoms with Gasteiger partial charge in [-0.3, -0.25) is 4.90 Å². The number of methoxy groups -OCH3 is 1. The predicted molar refractivity (Wildman–Crippen MR) is 92.4 cm³/mol. The maximum absolute atomic E-state index is 10.4. The molecule has 0 amide bonds. The van der Waals surface area contributed by atoms with Crippen molar-refractivity contribution < 1.29 is 19.0 Å². The molecule has 2 aromatic heterocycles. The molecule has 0 bridgehead atoms. The summed E-state index contributed by atoms with van der Waals surface area (Å²) in [4.78, 5) is 2.30. The van der Waals surface area contributed by atoms with Crippen LogP contribution in [0.5, 0.6) is 5.88 Å². The molecule has 0 aromatic carbocycles. The summed E-state index contributed by atoms with van der Waals surface area (Å²) in [6, 6.07) is 3.91. The van der Waals surface area contributed by atoms with Gasteiger partial charge in [0.25, 0.3) is 0 Å². The number of rotatable bonds is 8. The average Bonchev–Trinajstić information content (AvgIpc) is 3.28. The Labute approximate surface area is 148 Å². The Morgan fingerprint density at radius 3 is 3.04 bits per heavy atom. The number of β-amino-alcohol motifs (C(OH)–C–C–N with tert-alkyl or cyclic N) is 1. The zero-order chi connectivity index (χ0) is 17.8. The zero-order valence-corrected chi connectivity index (χ0v) is 15.1. The topological polar surface area (TPSA) is 72.9 Å². The number of ether oxygens (including phenoxy) is 2. The van der Waals surface area contributed by atoms with Crippen LogP contribution in [0, 0.1) is 6.92 Å². The Hall–Kier alpha value is -1.83. The Kier molecular flexibility index (Phi) is 5.78. The lowest BCUT2D eigenvalue weighted by atomic mass is 10.0. The lowest BCUT2D eigenvalue weighted by Crippen LogP contribution is -2.34. The molecule has 7 heteroatoms. The van der Waals surface area contributed by atoms with Gasteiger partial charge in [0, 0.05) is 19.6 Å². The molecule has 0 unspecified atom stereocenters. The second-order valence-electron chi connectivity index (χ2n) is 6.53. The normalized spacial score (nSPS) is 19.4. The van der Waals surface area contributed by atoms with E-state index in [9.17, 15) is 5.11 Å². The first-order valence-corrected chi connectivity index (χ1v) is 8.70. The Balaban J connectivity index is 1.58. The molecular formula is C18H27N3O4. The van der Waals surface area contributed by atoms with Crippen LogP contribution in [0.1, 0.15) is 35.9 Å². The molecule has 1 fully saturated rings. The second kappa shape index (κ2) is 8.03. The summed E-state index contributed by atoms with van der Waals surface area (Å²) in [5, 5.41) is 14.8. The van der Waals surface area contributed by atoms with E-state index in [-0.39, 0.29) is 12.6 Å². The number of hydrogen-bond acceptors (Lipinski definition) is 6. The van der Waals surface area contributed by atoms with Gasteiger partial charge in [0.1, 0.15) is 12.4 Å². The van der Waals surface area contributed by atoms with Crippen LogP contribution in [-0.4, -0.2) is 52.7 Å². The third-order valence-electron chi connectivity index (χ3n) is 4.68. The minimum absolute atomic E-state index is 0.225. The van der Waals surface area contributed by atoms with Gasteiger partial charge in [-0.1, -0.05) is 0 Å². The van der Waals surface area contributed by atoms with Crippen LogP contribution in [0.3, 0.4) is 0 Å². The lowest BCUT2D eigenvalue weighted by Gasteiger charge is -2.27. The quantitative estimate of drug-likeness (QED) is 0.786. The third-order valence-corrected chi connectivity index (χ3v) is 4.68. The number of aliphatic hydroxyl groups is 1. The summed E-state index contributed by atoms with van der Waals surface area (Å²) >= 11 is 0. The average molecular weight is 349 g/mol. The molecule has 0 radical (unpaired) electrons. The van der Waals surface area contributed by atoms with Gasteiger partial charge in [0.05, 0.1) is 37.3 Å². The number of likely N-dealkylation sites (tertiary alicyclic amines) is 1. The number of furan rings is 1. The van der Waals surface area contributed by atoms with Gasteiger partial charge in [0.2, 0.25) is 5.88 Å². The molecule has 0 aliphatic carbocycles. The summed E-state index contributed by atoms with van der Waals surface area (Å²) in [5.41, 5.74) is 2.12. The standard InChI is InChI=1S/C18H27N3O4/c1-13-17(18(23-3)20(2)19-13)16-7-4-8-21(16)10-14(22)11-24-12-15-6-5-9-25-15/h5-6,9,14,16,22H,4,7-8,10-12H2,1-3H3/t14-,16-/m0/s1. The molecule has 1 N–H and O–H groups in total. The van der Waals surface area contributed by atoms with E-state index >= 15 is 0 Å². The molecule has 1 aliphatic rings. The zero-order valence-electron chi connectivity index (χ0n) is 15.1. The molecule has 2 aromatic rings. The number of aryl methyl sites for hydroxylation is 2. The van der Waals surface area contributed by atoms with Crippen molar-refractivity contribution in [2.45, 2.75) is 38.5 Å². The monoisotopic (exact) mass is 349 g/mol. The fraction of sp³-hybridized carbons (Fsp3) is 0.611. The molecule has 0 spiro atoms. The van der Waals surface area contributed by atoms with Crippen molar-refractivity contribution in [2.75, 3.05) is 26.8 Å². The number of hydrogen-bond donors (Lipinski definition) is 1. The molecule has 7 nitrogen and oxygen atoms in total. The summed E-state index contributed by atoms with van der Waals surface area (Å²) < 4.78 is 18.1. The van der Waals surface area contributed by atoms with Crippen LogP contribution in [0.2, 0.25) is 0 Å². The summed E-state index contributed by atoms with van der Waals surface area (Å²) in [7, 11) is 3.57. The third kappa shape index (κ3) is 4.05. The SMILES string of the molecule is COc1c([C@@H]2CCCN2C[C@H](O)COCc2ccco2)c(C)nn1C. The van der Waals surface area contributed by atoms with Crippen LogP contribution in [0.15, 0.2) is 22.8 Å². The second-order valence-corrected chi connectivity index (χ2v) is 6.53. The molecule has 138 valence electrons. The molecule has 1 saturated heterocycles. The minimum Gasteiger partial charge on any atom is -0.481 e. The molecule has 1 aliphatic heterocycles. The smallest absolute Gasteiger partial charge is 0.216 e. The highest BCUT2D eigenvalue weighted by molar-refractivity contribution is 5.35. The Morgan fingerprint density at radius 2 is 2.32 bits per heavy atom. The van der Waals surface area contributed by atoms with Gasteiger partial charge in [-0.15, -0.1) is 0 Å². The fourth-order valence-corrected chi connectivity index (χ4v) is 3.66. The molecule has 25 heavy (non-hydrogen) atoms. The maximum atomic E-state index is 10.4. The van der Waals surface area contributed by atoms with Crippen molar-refractivity contribution in [2.24, 2.45) is 7.05 Å². The van der Waals surface area contributed by atoms with Crippen molar-refractivity contribution >= 4 is 0 Å². The van der Waals surface area contributed by atoms with E-state index < -0.39 is 6.10 Å². The first-order chi connectivity index (χ1) is 12.1. The van der Waals surface area contributed by atoms with Gasteiger partial charge in [-0.05, 0) is 38.4 Å². The van der Waals surface area contributed by atoms with Crippen LogP contribution in [-0.2, 0) is 18.4 Å². The first-order valence-electron chi connectivity index (χ1n) is 8.70. The van der Waals surface area contributed by atoms with Gasteiger partial charge >= 0.3 is 0 Å². The van der Waals surface area contributed by atoms with E-state index in [1.54, 1.807) is 18.1 Å². The van der Waals surface area contributed by atoms with E-state index in [4.69, 9.17) is 13.9 Å². The highest BCUT2D eigenvalue weighted by atomic mass is 16.5. The van der Waals surface area contributed by atoms with E-state index in [0.29, 0.717) is 13.2 Å². The number of nitrogens with zero attached hydrogens (tertiary/aromatic N) is 3. The van der Waals surface area contributed by atoms with Crippen LogP contribution in [0.4, 0.5) is 0 Å². The van der Waals surface area contributed by atoms with Crippen molar-refractivity contribution in [3.8, 4) is 5.88 Å². The largest absolute Gasteiger partial charge is 0.481 e. The summed E-state index contributed by atoms with van der Waals surface area (Å²) in [5.74, 6) is 1.57. The number of aliphatic hydroxyl groups excluding tert-OH is 1. The van der Waals surface area contributed by atoms with E-state index in [2.05, 4.69) is 10.00 Å².